The molecule has 8 heteroatoms. The number of halogens is 1. The molecule has 186 valence electrons. The highest BCUT2D eigenvalue weighted by Crippen LogP contribution is 2.22. The third-order valence-corrected chi connectivity index (χ3v) is 6.38. The van der Waals surface area contributed by atoms with Crippen LogP contribution < -0.4 is 10.1 Å². The fourth-order valence-electron chi connectivity index (χ4n) is 4.24. The molecule has 1 N–H and O–H groups in total. The summed E-state index contributed by atoms with van der Waals surface area (Å²) in [5, 5.41) is 7.87. The second kappa shape index (κ2) is 12.2. The van der Waals surface area contributed by atoms with E-state index in [0.29, 0.717) is 29.8 Å². The SMILES string of the molecule is CC(C)Oc1ccc(CCCNC(=O)C2CCN(Cc3nc(-c4ccc(Cl)cc4)no3)CC2)cc1. The van der Waals surface area contributed by atoms with Crippen LogP contribution >= 0.6 is 11.6 Å². The molecule has 2 aromatic carbocycles. The van der Waals surface area contributed by atoms with Gasteiger partial charge in [-0.3, -0.25) is 9.69 Å². The van der Waals surface area contributed by atoms with Crippen molar-refractivity contribution in [1.29, 1.82) is 0 Å². The minimum absolute atomic E-state index is 0.0611. The first-order valence-corrected chi connectivity index (χ1v) is 12.7. The van der Waals surface area contributed by atoms with Crippen molar-refractivity contribution >= 4 is 17.5 Å². The Kier molecular flexibility index (Phi) is 8.77. The second-order valence-corrected chi connectivity index (χ2v) is 9.71. The summed E-state index contributed by atoms with van der Waals surface area (Å²) in [6.07, 6.45) is 3.70. The van der Waals surface area contributed by atoms with Gasteiger partial charge in [0.1, 0.15) is 5.75 Å². The maximum Gasteiger partial charge on any atom is 0.241 e. The molecule has 1 fully saturated rings. The van der Waals surface area contributed by atoms with E-state index in [-0.39, 0.29) is 17.9 Å². The van der Waals surface area contributed by atoms with Gasteiger partial charge in [-0.2, -0.15) is 4.98 Å². The first kappa shape index (κ1) is 25.2. The number of hydrogen-bond acceptors (Lipinski definition) is 6. The van der Waals surface area contributed by atoms with Crippen molar-refractivity contribution in [2.24, 2.45) is 5.92 Å². The Bertz CT molecular complexity index is 1070. The van der Waals surface area contributed by atoms with Crippen molar-refractivity contribution in [2.75, 3.05) is 19.6 Å². The number of hydrogen-bond donors (Lipinski definition) is 1. The van der Waals surface area contributed by atoms with Gasteiger partial charge >= 0.3 is 0 Å². The molecule has 3 aromatic rings. The molecule has 1 aliphatic rings. The smallest absolute Gasteiger partial charge is 0.241 e. The maximum atomic E-state index is 12.6. The van der Waals surface area contributed by atoms with Crippen LogP contribution in [0, 0.1) is 5.92 Å². The van der Waals surface area contributed by atoms with Crippen LogP contribution in [0.25, 0.3) is 11.4 Å². The fraction of sp³-hybridized carbons (Fsp3) is 0.444. The van der Waals surface area contributed by atoms with E-state index in [2.05, 4.69) is 32.5 Å². The number of carbonyl (C=O) groups is 1. The highest BCUT2D eigenvalue weighted by atomic mass is 35.5. The molecule has 35 heavy (non-hydrogen) atoms. The van der Waals surface area contributed by atoms with Crippen LogP contribution in [0.3, 0.4) is 0 Å². The number of rotatable bonds is 10. The number of nitrogens with one attached hydrogen (secondary N) is 1. The van der Waals surface area contributed by atoms with Crippen LogP contribution in [0.2, 0.25) is 5.02 Å². The van der Waals surface area contributed by atoms with Crippen molar-refractivity contribution in [2.45, 2.75) is 52.2 Å². The Morgan fingerprint density at radius 2 is 1.86 bits per heavy atom. The van der Waals surface area contributed by atoms with Gasteiger partial charge < -0.3 is 14.6 Å². The number of benzene rings is 2. The van der Waals surface area contributed by atoms with Crippen LogP contribution in [-0.2, 0) is 17.8 Å². The Balaban J connectivity index is 1.14. The zero-order valence-electron chi connectivity index (χ0n) is 20.4. The largest absolute Gasteiger partial charge is 0.491 e. The number of carbonyl (C=O) groups excluding carboxylic acids is 1. The highest BCUT2D eigenvalue weighted by molar-refractivity contribution is 6.30. The van der Waals surface area contributed by atoms with Crippen LogP contribution in [0.5, 0.6) is 5.75 Å². The number of aromatic nitrogens is 2. The summed E-state index contributed by atoms with van der Waals surface area (Å²) < 4.78 is 11.1. The summed E-state index contributed by atoms with van der Waals surface area (Å²) in [5.74, 6) is 2.26. The van der Waals surface area contributed by atoms with E-state index in [4.69, 9.17) is 20.9 Å². The van der Waals surface area contributed by atoms with Crippen LogP contribution in [0.4, 0.5) is 0 Å². The minimum atomic E-state index is 0.0611. The third kappa shape index (κ3) is 7.54. The molecular formula is C27H33ClN4O3. The molecule has 0 atom stereocenters. The third-order valence-electron chi connectivity index (χ3n) is 6.12. The van der Waals surface area contributed by atoms with Gasteiger partial charge in [-0.05, 0) is 94.6 Å². The van der Waals surface area contributed by atoms with Crippen LogP contribution in [0.15, 0.2) is 53.1 Å². The van der Waals surface area contributed by atoms with Gasteiger partial charge in [0.25, 0.3) is 0 Å². The van der Waals surface area contributed by atoms with E-state index >= 15 is 0 Å². The Hall–Kier alpha value is -2.90. The standard InChI is InChI=1S/C27H33ClN4O3/c1-19(2)34-24-11-5-20(6-12-24)4-3-15-29-27(33)22-13-16-32(17-14-22)18-25-30-26(31-35-25)21-7-9-23(28)10-8-21/h5-12,19,22H,3-4,13-18H2,1-2H3,(H,29,33). The molecular weight excluding hydrogens is 464 g/mol. The highest BCUT2D eigenvalue weighted by Gasteiger charge is 2.25. The molecule has 2 heterocycles. The normalized spacial score (nSPS) is 14.9. The number of likely N-dealkylation sites (tertiary alicyclic amines) is 1. The summed E-state index contributed by atoms with van der Waals surface area (Å²) in [4.78, 5) is 19.4. The molecule has 0 saturated carbocycles. The quantitative estimate of drug-likeness (QED) is 0.391. The maximum absolute atomic E-state index is 12.6. The first-order chi connectivity index (χ1) is 17.0. The topological polar surface area (TPSA) is 80.5 Å². The lowest BCUT2D eigenvalue weighted by Crippen LogP contribution is -2.40. The number of ether oxygens (including phenoxy) is 1. The monoisotopic (exact) mass is 496 g/mol. The van der Waals surface area contributed by atoms with Gasteiger partial charge in [-0.15, -0.1) is 0 Å². The molecule has 0 unspecified atom stereocenters. The number of nitrogens with zero attached hydrogens (tertiary/aromatic N) is 3. The lowest BCUT2D eigenvalue weighted by molar-refractivity contribution is -0.126. The Morgan fingerprint density at radius 1 is 1.14 bits per heavy atom. The Labute approximate surface area is 211 Å². The van der Waals surface area contributed by atoms with E-state index in [1.807, 2.05) is 50.2 Å². The average molecular weight is 497 g/mol. The van der Waals surface area contributed by atoms with Crippen molar-refractivity contribution in [3.05, 3.63) is 65.0 Å². The van der Waals surface area contributed by atoms with Crippen molar-refractivity contribution in [3.63, 3.8) is 0 Å². The van der Waals surface area contributed by atoms with E-state index in [1.165, 1.54) is 5.56 Å². The first-order valence-electron chi connectivity index (χ1n) is 12.3. The molecule has 0 bridgehead atoms. The summed E-state index contributed by atoms with van der Waals surface area (Å²) in [6, 6.07) is 15.6. The van der Waals surface area contributed by atoms with Gasteiger partial charge in [0.05, 0.1) is 12.6 Å². The zero-order valence-corrected chi connectivity index (χ0v) is 21.1. The molecule has 1 aliphatic heterocycles. The van der Waals surface area contributed by atoms with Crippen molar-refractivity contribution < 1.29 is 14.1 Å². The lowest BCUT2D eigenvalue weighted by Gasteiger charge is -2.30. The van der Waals surface area contributed by atoms with E-state index in [1.54, 1.807) is 0 Å². The van der Waals surface area contributed by atoms with Gasteiger partial charge in [0.2, 0.25) is 17.6 Å². The molecule has 7 nitrogen and oxygen atoms in total. The minimum Gasteiger partial charge on any atom is -0.491 e. The van der Waals surface area contributed by atoms with Gasteiger partial charge in [-0.1, -0.05) is 28.9 Å². The summed E-state index contributed by atoms with van der Waals surface area (Å²) in [5.41, 5.74) is 2.13. The second-order valence-electron chi connectivity index (χ2n) is 9.27. The summed E-state index contributed by atoms with van der Waals surface area (Å²) >= 11 is 5.94. The van der Waals surface area contributed by atoms with Crippen LogP contribution in [-0.4, -0.2) is 46.7 Å². The molecule has 4 rings (SSSR count). The Morgan fingerprint density at radius 3 is 2.54 bits per heavy atom. The lowest BCUT2D eigenvalue weighted by atomic mass is 9.96. The number of piperidine rings is 1. The molecule has 0 aliphatic carbocycles. The number of aryl methyl sites for hydroxylation is 1. The molecule has 0 radical (unpaired) electrons. The molecule has 1 saturated heterocycles. The fourth-order valence-corrected chi connectivity index (χ4v) is 4.36. The van der Waals surface area contributed by atoms with E-state index < -0.39 is 0 Å². The average Bonchev–Trinajstić information content (AvgIpc) is 3.31. The van der Waals surface area contributed by atoms with Crippen LogP contribution in [0.1, 0.15) is 44.6 Å². The predicted molar refractivity (Wildman–Crippen MR) is 136 cm³/mol. The van der Waals surface area contributed by atoms with E-state index in [0.717, 1.165) is 50.1 Å². The van der Waals surface area contributed by atoms with Gasteiger partial charge in [0.15, 0.2) is 0 Å². The van der Waals surface area contributed by atoms with Gasteiger partial charge in [-0.25, -0.2) is 0 Å². The predicted octanol–water partition coefficient (Wildman–Crippen LogP) is 5.14. The zero-order chi connectivity index (χ0) is 24.6. The summed E-state index contributed by atoms with van der Waals surface area (Å²) in [7, 11) is 0. The number of amides is 1. The van der Waals surface area contributed by atoms with Gasteiger partial charge in [0, 0.05) is 23.0 Å². The molecule has 1 amide bonds. The summed E-state index contributed by atoms with van der Waals surface area (Å²) in [6.45, 7) is 7.00. The molecule has 1 aromatic heterocycles. The van der Waals surface area contributed by atoms with Crippen molar-refractivity contribution in [1.82, 2.24) is 20.4 Å². The van der Waals surface area contributed by atoms with Crippen molar-refractivity contribution in [3.8, 4) is 17.1 Å². The molecule has 0 spiro atoms. The van der Waals surface area contributed by atoms with E-state index in [9.17, 15) is 4.79 Å².